The van der Waals surface area contributed by atoms with Crippen molar-refractivity contribution in [1.82, 2.24) is 10.2 Å². The molecule has 1 aliphatic rings. The van der Waals surface area contributed by atoms with Crippen molar-refractivity contribution in [2.24, 2.45) is 5.92 Å². The third-order valence-corrected chi connectivity index (χ3v) is 7.23. The van der Waals surface area contributed by atoms with E-state index >= 15 is 0 Å². The predicted molar refractivity (Wildman–Crippen MR) is 104 cm³/mol. The normalized spacial score (nSPS) is 20.6. The Morgan fingerprint density at radius 1 is 1.40 bits per heavy atom. The van der Waals surface area contributed by atoms with Crippen LogP contribution < -0.4 is 5.32 Å². The molecule has 0 saturated carbocycles. The number of benzene rings is 1. The average molecular weight is 431 g/mol. The highest BCUT2D eigenvalue weighted by Gasteiger charge is 2.28. The molecule has 25 heavy (non-hydrogen) atoms. The van der Waals surface area contributed by atoms with Crippen molar-refractivity contribution >= 4 is 31.7 Å². The van der Waals surface area contributed by atoms with Gasteiger partial charge in [0.05, 0.1) is 18.1 Å². The van der Waals surface area contributed by atoms with Crippen LogP contribution in [-0.4, -0.2) is 50.4 Å². The molecule has 0 aromatic heterocycles. The maximum Gasteiger partial charge on any atom is 0.234 e. The molecule has 2 unspecified atom stereocenters. The molecule has 5 nitrogen and oxygen atoms in total. The summed E-state index contributed by atoms with van der Waals surface area (Å²) < 4.78 is 24.0. The van der Waals surface area contributed by atoms with Gasteiger partial charge in [0.25, 0.3) is 0 Å². The van der Waals surface area contributed by atoms with E-state index in [2.05, 4.69) is 46.1 Å². The van der Waals surface area contributed by atoms with E-state index in [-0.39, 0.29) is 29.4 Å². The molecule has 1 aromatic carbocycles. The number of halogens is 1. The van der Waals surface area contributed by atoms with Gasteiger partial charge in [-0.3, -0.25) is 9.69 Å². The first-order valence-corrected chi connectivity index (χ1v) is 11.4. The second kappa shape index (κ2) is 9.14. The lowest BCUT2D eigenvalue weighted by Gasteiger charge is -2.29. The van der Waals surface area contributed by atoms with Crippen molar-refractivity contribution in [1.29, 1.82) is 0 Å². The van der Waals surface area contributed by atoms with Crippen LogP contribution in [0.4, 0.5) is 0 Å². The lowest BCUT2D eigenvalue weighted by molar-refractivity contribution is -0.122. The van der Waals surface area contributed by atoms with Crippen LogP contribution in [0.15, 0.2) is 28.7 Å². The van der Waals surface area contributed by atoms with Gasteiger partial charge in [-0.15, -0.1) is 0 Å². The van der Waals surface area contributed by atoms with Crippen LogP contribution >= 0.6 is 15.9 Å². The molecule has 0 aliphatic carbocycles. The fourth-order valence-corrected chi connectivity index (χ4v) is 5.72. The number of carbonyl (C=O) groups excluding carboxylic acids is 1. The predicted octanol–water partition coefficient (Wildman–Crippen LogP) is 2.77. The van der Waals surface area contributed by atoms with Gasteiger partial charge in [-0.2, -0.15) is 0 Å². The van der Waals surface area contributed by atoms with Gasteiger partial charge in [0.15, 0.2) is 9.84 Å². The molecule has 7 heteroatoms. The van der Waals surface area contributed by atoms with E-state index in [1.165, 1.54) is 0 Å². The van der Waals surface area contributed by atoms with Gasteiger partial charge in [-0.05, 0) is 43.9 Å². The molecule has 1 N–H and O–H groups in total. The summed E-state index contributed by atoms with van der Waals surface area (Å²) in [5, 5.41) is 2.92. The summed E-state index contributed by atoms with van der Waals surface area (Å²) in [6.07, 6.45) is 1.61. The van der Waals surface area contributed by atoms with Crippen LogP contribution in [-0.2, 0) is 14.6 Å². The van der Waals surface area contributed by atoms with E-state index in [1.54, 1.807) is 0 Å². The zero-order valence-electron chi connectivity index (χ0n) is 14.9. The molecular formula is C18H27BrN2O3S. The average Bonchev–Trinajstić information content (AvgIpc) is 2.91. The zero-order valence-corrected chi connectivity index (χ0v) is 17.3. The van der Waals surface area contributed by atoms with Gasteiger partial charge >= 0.3 is 0 Å². The molecule has 140 valence electrons. The Morgan fingerprint density at radius 2 is 2.12 bits per heavy atom. The van der Waals surface area contributed by atoms with Crippen molar-refractivity contribution in [2.45, 2.75) is 32.7 Å². The number of sulfone groups is 1. The first kappa shape index (κ1) is 20.4. The Kier molecular flexibility index (Phi) is 7.46. The molecule has 1 aliphatic heterocycles. The van der Waals surface area contributed by atoms with Gasteiger partial charge < -0.3 is 5.32 Å². The molecule has 1 saturated heterocycles. The van der Waals surface area contributed by atoms with Crippen molar-refractivity contribution in [3.05, 3.63) is 34.3 Å². The van der Waals surface area contributed by atoms with Crippen LogP contribution in [0.2, 0.25) is 0 Å². The summed E-state index contributed by atoms with van der Waals surface area (Å²) in [4.78, 5) is 14.5. The zero-order chi connectivity index (χ0) is 18.4. The SMILES string of the molecule is CCCN(CC(=O)NCC1CCS(=O)(=O)C1)C(C)c1ccccc1Br. The third kappa shape index (κ3) is 6.08. The fraction of sp³-hybridized carbons (Fsp3) is 0.611. The van der Waals surface area contributed by atoms with Crippen LogP contribution in [0.3, 0.4) is 0 Å². The number of carbonyl (C=O) groups is 1. The van der Waals surface area contributed by atoms with Crippen molar-refractivity contribution < 1.29 is 13.2 Å². The minimum atomic E-state index is -2.90. The van der Waals surface area contributed by atoms with Crippen molar-refractivity contribution in [3.63, 3.8) is 0 Å². The number of nitrogens with one attached hydrogen (secondary N) is 1. The Bertz CT molecular complexity index is 693. The van der Waals surface area contributed by atoms with Gasteiger partial charge in [0.2, 0.25) is 5.91 Å². The van der Waals surface area contributed by atoms with E-state index in [4.69, 9.17) is 0 Å². The molecule has 2 atom stereocenters. The lowest BCUT2D eigenvalue weighted by Crippen LogP contribution is -2.40. The molecule has 2 rings (SSSR count). The Labute approximate surface area is 159 Å². The highest BCUT2D eigenvalue weighted by molar-refractivity contribution is 9.10. The third-order valence-electron chi connectivity index (χ3n) is 4.68. The van der Waals surface area contributed by atoms with Crippen molar-refractivity contribution in [2.75, 3.05) is 31.1 Å². The topological polar surface area (TPSA) is 66.5 Å². The Balaban J connectivity index is 1.92. The maximum absolute atomic E-state index is 12.4. The second-order valence-corrected chi connectivity index (χ2v) is 9.82. The van der Waals surface area contributed by atoms with E-state index < -0.39 is 9.84 Å². The number of nitrogens with zero attached hydrogens (tertiary/aromatic N) is 1. The summed E-state index contributed by atoms with van der Waals surface area (Å²) in [6, 6.07) is 8.18. The van der Waals surface area contributed by atoms with E-state index in [9.17, 15) is 13.2 Å². The molecule has 0 bridgehead atoms. The van der Waals surface area contributed by atoms with Gasteiger partial charge in [0, 0.05) is 17.1 Å². The van der Waals surface area contributed by atoms with E-state index in [0.717, 1.165) is 23.0 Å². The van der Waals surface area contributed by atoms with Crippen LogP contribution in [0.1, 0.15) is 38.3 Å². The number of hydrogen-bond donors (Lipinski definition) is 1. The molecule has 0 radical (unpaired) electrons. The summed E-state index contributed by atoms with van der Waals surface area (Å²) in [5.41, 5.74) is 1.16. The molecule has 1 aromatic rings. The van der Waals surface area contributed by atoms with Crippen LogP contribution in [0, 0.1) is 5.92 Å². The molecule has 0 spiro atoms. The smallest absolute Gasteiger partial charge is 0.234 e. The van der Waals surface area contributed by atoms with Gasteiger partial charge in [0.1, 0.15) is 0 Å². The monoisotopic (exact) mass is 430 g/mol. The maximum atomic E-state index is 12.4. The highest BCUT2D eigenvalue weighted by atomic mass is 79.9. The number of rotatable bonds is 8. The van der Waals surface area contributed by atoms with Crippen LogP contribution in [0.25, 0.3) is 0 Å². The largest absolute Gasteiger partial charge is 0.355 e. The fourth-order valence-electron chi connectivity index (χ4n) is 3.24. The minimum absolute atomic E-state index is 0.0448. The molecule has 1 fully saturated rings. The molecule has 1 amide bonds. The highest BCUT2D eigenvalue weighted by Crippen LogP contribution is 2.27. The number of hydrogen-bond acceptors (Lipinski definition) is 4. The van der Waals surface area contributed by atoms with Crippen molar-refractivity contribution in [3.8, 4) is 0 Å². The standard InChI is InChI=1S/C18H27BrN2O3S/c1-3-9-21(14(2)16-6-4-5-7-17(16)19)12-18(22)20-11-15-8-10-25(23,24)13-15/h4-7,14-15H,3,8-13H2,1-2H3,(H,20,22). The lowest BCUT2D eigenvalue weighted by atomic mass is 10.1. The molecule has 1 heterocycles. The number of amides is 1. The Hall–Kier alpha value is -0.920. The molecular weight excluding hydrogens is 404 g/mol. The van der Waals surface area contributed by atoms with E-state index in [0.29, 0.717) is 19.5 Å². The van der Waals surface area contributed by atoms with Gasteiger partial charge in [-0.1, -0.05) is 41.1 Å². The second-order valence-electron chi connectivity index (χ2n) is 6.74. The summed E-state index contributed by atoms with van der Waals surface area (Å²) in [7, 11) is -2.90. The quantitative estimate of drug-likeness (QED) is 0.688. The van der Waals surface area contributed by atoms with E-state index in [1.807, 2.05) is 18.2 Å². The summed E-state index contributed by atoms with van der Waals surface area (Å²) in [5.74, 6) is 0.444. The first-order chi connectivity index (χ1) is 11.8. The van der Waals surface area contributed by atoms with Crippen LogP contribution in [0.5, 0.6) is 0 Å². The summed E-state index contributed by atoms with van der Waals surface area (Å²) >= 11 is 3.58. The minimum Gasteiger partial charge on any atom is -0.355 e. The van der Waals surface area contributed by atoms with Gasteiger partial charge in [-0.25, -0.2) is 8.42 Å². The Morgan fingerprint density at radius 3 is 2.72 bits per heavy atom. The first-order valence-electron chi connectivity index (χ1n) is 8.78. The summed E-state index contributed by atoms with van der Waals surface area (Å²) in [6.45, 7) is 5.79.